The van der Waals surface area contributed by atoms with Gasteiger partial charge in [0.05, 0.1) is 7.11 Å². The molecule has 2 aliphatic rings. The zero-order valence-corrected chi connectivity index (χ0v) is 11.3. The van der Waals surface area contributed by atoms with Crippen LogP contribution < -0.4 is 10.1 Å². The number of carbonyl (C=O) groups is 1. The highest BCUT2D eigenvalue weighted by Crippen LogP contribution is 2.29. The van der Waals surface area contributed by atoms with Crippen LogP contribution in [0.25, 0.3) is 0 Å². The Labute approximate surface area is 113 Å². The van der Waals surface area contributed by atoms with Crippen LogP contribution >= 0.6 is 0 Å². The van der Waals surface area contributed by atoms with E-state index in [1.54, 1.807) is 7.11 Å². The van der Waals surface area contributed by atoms with E-state index in [0.717, 1.165) is 50.2 Å². The summed E-state index contributed by atoms with van der Waals surface area (Å²) in [7, 11) is 1.66. The van der Waals surface area contributed by atoms with Gasteiger partial charge in [0.2, 0.25) is 5.91 Å². The van der Waals surface area contributed by atoms with Crippen molar-refractivity contribution in [2.45, 2.75) is 25.3 Å². The molecule has 4 nitrogen and oxygen atoms in total. The first kappa shape index (κ1) is 12.5. The third-order valence-electron chi connectivity index (χ3n) is 4.07. The fraction of sp³-hybridized carbons (Fsp3) is 0.533. The lowest BCUT2D eigenvalue weighted by Crippen LogP contribution is -2.42. The first-order valence-electron chi connectivity index (χ1n) is 6.98. The van der Waals surface area contributed by atoms with E-state index in [1.807, 2.05) is 17.0 Å². The molecule has 1 unspecified atom stereocenters. The van der Waals surface area contributed by atoms with Crippen LogP contribution in [0.4, 0.5) is 0 Å². The maximum Gasteiger partial charge on any atom is 0.244 e. The Morgan fingerprint density at radius 1 is 1.37 bits per heavy atom. The molecule has 0 bridgehead atoms. The van der Waals surface area contributed by atoms with Crippen LogP contribution in [-0.4, -0.2) is 37.6 Å². The second-order valence-corrected chi connectivity index (χ2v) is 5.23. The van der Waals surface area contributed by atoms with Gasteiger partial charge < -0.3 is 15.0 Å². The average molecular weight is 260 g/mol. The van der Waals surface area contributed by atoms with E-state index in [2.05, 4.69) is 11.4 Å². The molecule has 0 aliphatic carbocycles. The van der Waals surface area contributed by atoms with Crippen molar-refractivity contribution in [3.05, 3.63) is 29.3 Å². The molecule has 1 saturated heterocycles. The van der Waals surface area contributed by atoms with Crippen molar-refractivity contribution >= 4 is 5.91 Å². The first-order valence-corrected chi connectivity index (χ1v) is 6.98. The highest BCUT2D eigenvalue weighted by Gasteiger charge is 2.31. The Bertz CT molecular complexity index is 481. The number of ether oxygens (including phenoxy) is 1. The standard InChI is InChI=1S/C15H20N2O2/c1-19-12-5-4-11-6-7-16-14(13(11)10-12)15(18)17-8-2-3-9-17/h4-5,10,14,16H,2-3,6-9H2,1H3. The number of benzene rings is 1. The van der Waals surface area contributed by atoms with Crippen LogP contribution in [0.2, 0.25) is 0 Å². The summed E-state index contributed by atoms with van der Waals surface area (Å²) in [6.07, 6.45) is 3.23. The van der Waals surface area contributed by atoms with Crippen molar-refractivity contribution in [1.29, 1.82) is 0 Å². The average Bonchev–Trinajstić information content (AvgIpc) is 2.99. The lowest BCUT2D eigenvalue weighted by atomic mass is 9.93. The number of nitrogens with one attached hydrogen (secondary N) is 1. The van der Waals surface area contributed by atoms with Crippen molar-refractivity contribution in [3.63, 3.8) is 0 Å². The minimum absolute atomic E-state index is 0.197. The van der Waals surface area contributed by atoms with Crippen molar-refractivity contribution in [2.24, 2.45) is 0 Å². The van der Waals surface area contributed by atoms with Crippen molar-refractivity contribution in [2.75, 3.05) is 26.7 Å². The van der Waals surface area contributed by atoms with E-state index >= 15 is 0 Å². The van der Waals surface area contributed by atoms with E-state index in [4.69, 9.17) is 4.74 Å². The number of rotatable bonds is 2. The normalized spacial score (nSPS) is 22.2. The first-order chi connectivity index (χ1) is 9.29. The number of methoxy groups -OCH3 is 1. The molecular weight excluding hydrogens is 240 g/mol. The molecular formula is C15H20N2O2. The second kappa shape index (κ2) is 5.21. The van der Waals surface area contributed by atoms with Crippen molar-refractivity contribution in [1.82, 2.24) is 10.2 Å². The molecule has 1 N–H and O–H groups in total. The number of hydrogen-bond acceptors (Lipinski definition) is 3. The van der Waals surface area contributed by atoms with Gasteiger partial charge in [-0.15, -0.1) is 0 Å². The summed E-state index contributed by atoms with van der Waals surface area (Å²) >= 11 is 0. The molecule has 3 rings (SSSR count). The monoisotopic (exact) mass is 260 g/mol. The SMILES string of the molecule is COc1ccc2c(c1)C(C(=O)N1CCCC1)NCC2. The van der Waals surface area contributed by atoms with Crippen LogP contribution in [-0.2, 0) is 11.2 Å². The lowest BCUT2D eigenvalue weighted by molar-refractivity contribution is -0.132. The predicted molar refractivity (Wildman–Crippen MR) is 73.3 cm³/mol. The van der Waals surface area contributed by atoms with Gasteiger partial charge in [-0.3, -0.25) is 4.79 Å². The zero-order chi connectivity index (χ0) is 13.2. The summed E-state index contributed by atoms with van der Waals surface area (Å²) in [5, 5.41) is 3.36. The molecule has 1 amide bonds. The molecule has 0 aromatic heterocycles. The highest BCUT2D eigenvalue weighted by molar-refractivity contribution is 5.84. The summed E-state index contributed by atoms with van der Waals surface area (Å²) in [5.41, 5.74) is 2.35. The molecule has 0 spiro atoms. The predicted octanol–water partition coefficient (Wildman–Crippen LogP) is 1.50. The van der Waals surface area contributed by atoms with Gasteiger partial charge in [-0.1, -0.05) is 6.07 Å². The minimum atomic E-state index is -0.197. The highest BCUT2D eigenvalue weighted by atomic mass is 16.5. The number of amides is 1. The van der Waals surface area contributed by atoms with Crippen LogP contribution in [0, 0.1) is 0 Å². The second-order valence-electron chi connectivity index (χ2n) is 5.23. The maximum absolute atomic E-state index is 12.6. The molecule has 1 aromatic rings. The van der Waals surface area contributed by atoms with Crippen LogP contribution in [0.5, 0.6) is 5.75 Å². The molecule has 4 heteroatoms. The number of nitrogens with zero attached hydrogens (tertiary/aromatic N) is 1. The van der Waals surface area contributed by atoms with Gasteiger partial charge in [0.25, 0.3) is 0 Å². The van der Waals surface area contributed by atoms with Crippen molar-refractivity contribution in [3.8, 4) is 5.75 Å². The molecule has 1 aromatic carbocycles. The molecule has 2 aliphatic heterocycles. The largest absolute Gasteiger partial charge is 0.497 e. The quantitative estimate of drug-likeness (QED) is 0.876. The molecule has 0 radical (unpaired) electrons. The molecule has 2 heterocycles. The van der Waals surface area contributed by atoms with Gasteiger partial charge in [-0.25, -0.2) is 0 Å². The minimum Gasteiger partial charge on any atom is -0.497 e. The van der Waals surface area contributed by atoms with E-state index in [0.29, 0.717) is 0 Å². The summed E-state index contributed by atoms with van der Waals surface area (Å²) in [5.74, 6) is 1.04. The van der Waals surface area contributed by atoms with Crippen LogP contribution in [0.15, 0.2) is 18.2 Å². The smallest absolute Gasteiger partial charge is 0.244 e. The lowest BCUT2D eigenvalue weighted by Gasteiger charge is -2.29. The number of fused-ring (bicyclic) bond motifs is 1. The van der Waals surface area contributed by atoms with E-state index in [-0.39, 0.29) is 11.9 Å². The van der Waals surface area contributed by atoms with E-state index < -0.39 is 0 Å². The Hall–Kier alpha value is -1.55. The topological polar surface area (TPSA) is 41.6 Å². The van der Waals surface area contributed by atoms with Gasteiger partial charge in [-0.2, -0.15) is 0 Å². The Morgan fingerprint density at radius 3 is 2.89 bits per heavy atom. The summed E-state index contributed by atoms with van der Waals surface area (Å²) < 4.78 is 5.28. The number of hydrogen-bond donors (Lipinski definition) is 1. The van der Waals surface area contributed by atoms with Gasteiger partial charge in [0.15, 0.2) is 0 Å². The summed E-state index contributed by atoms with van der Waals surface area (Å²) in [6, 6.07) is 5.86. The Morgan fingerprint density at radius 2 is 2.16 bits per heavy atom. The summed E-state index contributed by atoms with van der Waals surface area (Å²) in [6.45, 7) is 2.66. The van der Waals surface area contributed by atoms with Gasteiger partial charge in [-0.05, 0) is 42.5 Å². The fourth-order valence-electron chi connectivity index (χ4n) is 3.00. The van der Waals surface area contributed by atoms with Gasteiger partial charge >= 0.3 is 0 Å². The van der Waals surface area contributed by atoms with E-state index in [1.165, 1.54) is 5.56 Å². The van der Waals surface area contributed by atoms with Gasteiger partial charge in [0.1, 0.15) is 11.8 Å². The fourth-order valence-corrected chi connectivity index (χ4v) is 3.00. The third-order valence-corrected chi connectivity index (χ3v) is 4.07. The van der Waals surface area contributed by atoms with E-state index in [9.17, 15) is 4.79 Å². The van der Waals surface area contributed by atoms with Gasteiger partial charge in [0, 0.05) is 19.6 Å². The Balaban J connectivity index is 1.90. The maximum atomic E-state index is 12.6. The Kier molecular flexibility index (Phi) is 3.42. The third kappa shape index (κ3) is 2.32. The molecule has 1 fully saturated rings. The summed E-state index contributed by atoms with van der Waals surface area (Å²) in [4.78, 5) is 14.6. The molecule has 19 heavy (non-hydrogen) atoms. The molecule has 1 atom stereocenters. The molecule has 0 saturated carbocycles. The van der Waals surface area contributed by atoms with Crippen LogP contribution in [0.3, 0.4) is 0 Å². The number of likely N-dealkylation sites (tertiary alicyclic amines) is 1. The number of carbonyl (C=O) groups excluding carboxylic acids is 1. The van der Waals surface area contributed by atoms with Crippen molar-refractivity contribution < 1.29 is 9.53 Å². The zero-order valence-electron chi connectivity index (χ0n) is 11.3. The molecule has 102 valence electrons. The van der Waals surface area contributed by atoms with Crippen LogP contribution in [0.1, 0.15) is 30.0 Å².